The van der Waals surface area contributed by atoms with Gasteiger partial charge in [0.05, 0.1) is 0 Å². The molecule has 2 amide bonds. The van der Waals surface area contributed by atoms with E-state index >= 15 is 0 Å². The lowest BCUT2D eigenvalue weighted by Crippen LogP contribution is -2.43. The number of hydrogen-bond donors (Lipinski definition) is 4. The van der Waals surface area contributed by atoms with Gasteiger partial charge in [0.25, 0.3) is 5.91 Å². The Kier molecular flexibility index (Phi) is 6.47. The minimum Gasteiger partial charge on any atom is -0.331 e. The lowest BCUT2D eigenvalue weighted by Gasteiger charge is -2.12. The number of rotatable bonds is 4. The molecule has 0 saturated heterocycles. The Labute approximate surface area is 152 Å². The first-order valence-corrected chi connectivity index (χ1v) is 8.20. The predicted molar refractivity (Wildman–Crippen MR) is 103 cm³/mol. The molecule has 0 radical (unpaired) electrons. The molecule has 0 aromatic heterocycles. The third-order valence-corrected chi connectivity index (χ3v) is 3.46. The van der Waals surface area contributed by atoms with Crippen molar-refractivity contribution in [2.75, 3.05) is 10.6 Å². The molecule has 0 aliphatic rings. The van der Waals surface area contributed by atoms with E-state index in [-0.39, 0.29) is 22.8 Å². The van der Waals surface area contributed by atoms with E-state index in [0.717, 1.165) is 5.69 Å². The minimum absolute atomic E-state index is 0.0730. The van der Waals surface area contributed by atoms with Gasteiger partial charge in [-0.15, -0.1) is 0 Å². The quantitative estimate of drug-likeness (QED) is 0.500. The fraction of sp³-hybridized carbons (Fsp3) is 0.167. The van der Waals surface area contributed by atoms with Crippen molar-refractivity contribution >= 4 is 40.5 Å². The van der Waals surface area contributed by atoms with Gasteiger partial charge in [-0.2, -0.15) is 0 Å². The smallest absolute Gasteiger partial charge is 0.269 e. The van der Waals surface area contributed by atoms with E-state index < -0.39 is 0 Å². The zero-order valence-corrected chi connectivity index (χ0v) is 14.8. The van der Waals surface area contributed by atoms with Crippen molar-refractivity contribution in [2.24, 2.45) is 5.92 Å². The number of hydrogen-bond acceptors (Lipinski definition) is 3. The molecular formula is C18H20N4O2S. The van der Waals surface area contributed by atoms with Crippen LogP contribution in [0.2, 0.25) is 0 Å². The number of benzene rings is 2. The van der Waals surface area contributed by atoms with Gasteiger partial charge in [0.1, 0.15) is 0 Å². The van der Waals surface area contributed by atoms with Crippen molar-refractivity contribution in [1.82, 2.24) is 10.9 Å². The highest BCUT2D eigenvalue weighted by molar-refractivity contribution is 7.80. The monoisotopic (exact) mass is 356 g/mol. The van der Waals surface area contributed by atoms with Crippen molar-refractivity contribution in [1.29, 1.82) is 0 Å². The lowest BCUT2D eigenvalue weighted by molar-refractivity contribution is -0.118. The largest absolute Gasteiger partial charge is 0.331 e. The van der Waals surface area contributed by atoms with Gasteiger partial charge in [-0.05, 0) is 48.6 Å². The van der Waals surface area contributed by atoms with Crippen LogP contribution in [0.5, 0.6) is 0 Å². The summed E-state index contributed by atoms with van der Waals surface area (Å²) in [4.78, 5) is 23.7. The summed E-state index contributed by atoms with van der Waals surface area (Å²) in [6, 6.07) is 16.0. The van der Waals surface area contributed by atoms with Crippen LogP contribution in [-0.2, 0) is 4.79 Å². The van der Waals surface area contributed by atoms with E-state index in [4.69, 9.17) is 12.2 Å². The molecule has 130 valence electrons. The third kappa shape index (κ3) is 5.89. The fourth-order valence-electron chi connectivity index (χ4n) is 1.86. The maximum Gasteiger partial charge on any atom is 0.269 e. The van der Waals surface area contributed by atoms with Crippen LogP contribution in [0.15, 0.2) is 54.6 Å². The van der Waals surface area contributed by atoms with Crippen LogP contribution >= 0.6 is 12.2 Å². The summed E-state index contributed by atoms with van der Waals surface area (Å²) in [7, 11) is 0. The first-order valence-electron chi connectivity index (χ1n) is 7.79. The molecule has 0 aliphatic carbocycles. The van der Waals surface area contributed by atoms with E-state index in [1.807, 2.05) is 44.2 Å². The Hall–Kier alpha value is -2.93. The van der Waals surface area contributed by atoms with Crippen LogP contribution in [0, 0.1) is 5.92 Å². The number of anilines is 2. The van der Waals surface area contributed by atoms with E-state index in [9.17, 15) is 9.59 Å². The van der Waals surface area contributed by atoms with Crippen molar-refractivity contribution in [3.05, 3.63) is 60.2 Å². The molecular weight excluding hydrogens is 336 g/mol. The van der Waals surface area contributed by atoms with Gasteiger partial charge in [-0.1, -0.05) is 32.0 Å². The minimum atomic E-state index is -0.334. The second kappa shape index (κ2) is 8.79. The van der Waals surface area contributed by atoms with Gasteiger partial charge in [0.2, 0.25) is 5.91 Å². The molecule has 2 aromatic rings. The van der Waals surface area contributed by atoms with Crippen molar-refractivity contribution < 1.29 is 9.59 Å². The molecule has 0 aliphatic heterocycles. The summed E-state index contributed by atoms with van der Waals surface area (Å²) >= 11 is 5.11. The van der Waals surface area contributed by atoms with Crippen molar-refractivity contribution in [2.45, 2.75) is 13.8 Å². The van der Waals surface area contributed by atoms with Crippen LogP contribution in [0.25, 0.3) is 0 Å². The van der Waals surface area contributed by atoms with Gasteiger partial charge in [-0.3, -0.25) is 20.4 Å². The summed E-state index contributed by atoms with van der Waals surface area (Å²) in [5.74, 6) is -0.513. The van der Waals surface area contributed by atoms with Crippen LogP contribution in [0.3, 0.4) is 0 Å². The van der Waals surface area contributed by atoms with Gasteiger partial charge < -0.3 is 10.6 Å². The zero-order valence-electron chi connectivity index (χ0n) is 14.0. The van der Waals surface area contributed by atoms with Gasteiger partial charge in [-0.25, -0.2) is 0 Å². The molecule has 0 atom stereocenters. The van der Waals surface area contributed by atoms with Crippen LogP contribution in [-0.4, -0.2) is 16.9 Å². The highest BCUT2D eigenvalue weighted by atomic mass is 32.1. The SMILES string of the molecule is CC(C)C(=O)Nc1ccc(C(=O)NNC(=S)Nc2ccccc2)cc1. The lowest BCUT2D eigenvalue weighted by atomic mass is 10.1. The Balaban J connectivity index is 1.84. The van der Waals surface area contributed by atoms with E-state index in [1.165, 1.54) is 0 Å². The van der Waals surface area contributed by atoms with Crippen LogP contribution in [0.4, 0.5) is 11.4 Å². The summed E-state index contributed by atoms with van der Waals surface area (Å²) in [6.45, 7) is 3.63. The van der Waals surface area contributed by atoms with E-state index in [0.29, 0.717) is 11.3 Å². The van der Waals surface area contributed by atoms with Crippen LogP contribution < -0.4 is 21.5 Å². The molecule has 0 unspecified atom stereocenters. The number of thiocarbonyl (C=S) groups is 1. The number of amides is 2. The number of hydrazine groups is 1. The molecule has 25 heavy (non-hydrogen) atoms. The highest BCUT2D eigenvalue weighted by Gasteiger charge is 2.09. The van der Waals surface area contributed by atoms with E-state index in [1.54, 1.807) is 24.3 Å². The fourth-order valence-corrected chi connectivity index (χ4v) is 2.03. The molecule has 6 nitrogen and oxygen atoms in total. The van der Waals surface area contributed by atoms with Gasteiger partial charge in [0, 0.05) is 22.9 Å². The first-order chi connectivity index (χ1) is 12.0. The predicted octanol–water partition coefficient (Wildman–Crippen LogP) is 2.91. The molecule has 0 spiro atoms. The summed E-state index contributed by atoms with van der Waals surface area (Å²) < 4.78 is 0. The average molecular weight is 356 g/mol. The molecule has 0 heterocycles. The number of carbonyl (C=O) groups is 2. The molecule has 2 aromatic carbocycles. The molecule has 0 fully saturated rings. The van der Waals surface area contributed by atoms with Crippen molar-refractivity contribution in [3.8, 4) is 0 Å². The normalized spacial score (nSPS) is 10.0. The third-order valence-electron chi connectivity index (χ3n) is 3.26. The Morgan fingerprint density at radius 1 is 0.840 bits per heavy atom. The average Bonchev–Trinajstić information content (AvgIpc) is 2.61. The topological polar surface area (TPSA) is 82.3 Å². The Morgan fingerprint density at radius 2 is 1.44 bits per heavy atom. The summed E-state index contributed by atoms with van der Waals surface area (Å²) in [6.07, 6.45) is 0. The Bertz CT molecular complexity index is 745. The maximum atomic E-state index is 12.1. The highest BCUT2D eigenvalue weighted by Crippen LogP contribution is 2.11. The number of carbonyl (C=O) groups excluding carboxylic acids is 2. The van der Waals surface area contributed by atoms with Gasteiger partial charge >= 0.3 is 0 Å². The Morgan fingerprint density at radius 3 is 2.04 bits per heavy atom. The van der Waals surface area contributed by atoms with Crippen LogP contribution in [0.1, 0.15) is 24.2 Å². The molecule has 0 bridgehead atoms. The maximum absolute atomic E-state index is 12.1. The number of para-hydroxylation sites is 1. The van der Waals surface area contributed by atoms with Gasteiger partial charge in [0.15, 0.2) is 5.11 Å². The second-order valence-electron chi connectivity index (χ2n) is 5.62. The first kappa shape index (κ1) is 18.4. The summed E-state index contributed by atoms with van der Waals surface area (Å²) in [5, 5.41) is 5.99. The van der Waals surface area contributed by atoms with Crippen molar-refractivity contribution in [3.63, 3.8) is 0 Å². The standard InChI is InChI=1S/C18H20N4O2S/c1-12(2)16(23)19-15-10-8-13(9-11-15)17(24)21-22-18(25)20-14-6-4-3-5-7-14/h3-12H,1-2H3,(H,19,23)(H,21,24)(H2,20,22,25). The summed E-state index contributed by atoms with van der Waals surface area (Å²) in [5.41, 5.74) is 7.06. The molecule has 4 N–H and O–H groups in total. The molecule has 2 rings (SSSR count). The molecule has 0 saturated carbocycles. The zero-order chi connectivity index (χ0) is 18.2. The molecule has 7 heteroatoms. The second-order valence-corrected chi connectivity index (χ2v) is 6.03. The number of nitrogens with one attached hydrogen (secondary N) is 4. The van der Waals surface area contributed by atoms with E-state index in [2.05, 4.69) is 21.5 Å².